The van der Waals surface area contributed by atoms with Crippen molar-refractivity contribution in [1.82, 2.24) is 4.31 Å². The molecule has 0 spiro atoms. The van der Waals surface area contributed by atoms with Crippen LogP contribution in [0.2, 0.25) is 5.02 Å². The summed E-state index contributed by atoms with van der Waals surface area (Å²) >= 11 is 7.03. The van der Waals surface area contributed by atoms with Crippen molar-refractivity contribution in [1.29, 1.82) is 0 Å². The van der Waals surface area contributed by atoms with E-state index in [1.54, 1.807) is 41.8 Å². The van der Waals surface area contributed by atoms with Crippen LogP contribution < -0.4 is 5.32 Å². The summed E-state index contributed by atoms with van der Waals surface area (Å²) in [5.74, 6) is -0.172. The molecule has 0 radical (unpaired) electrons. The smallest absolute Gasteiger partial charge is 0.252 e. The minimum Gasteiger partial charge on any atom is -0.326 e. The van der Waals surface area contributed by atoms with Crippen molar-refractivity contribution in [2.75, 3.05) is 18.9 Å². The van der Waals surface area contributed by atoms with Crippen molar-refractivity contribution < 1.29 is 13.2 Å². The molecule has 1 amide bonds. The summed E-state index contributed by atoms with van der Waals surface area (Å²) in [5.41, 5.74) is 0.627. The van der Waals surface area contributed by atoms with Gasteiger partial charge >= 0.3 is 0 Å². The van der Waals surface area contributed by atoms with E-state index in [0.717, 1.165) is 0 Å². The molecule has 1 aromatic heterocycles. The zero-order chi connectivity index (χ0) is 16.9. The van der Waals surface area contributed by atoms with E-state index in [2.05, 4.69) is 5.32 Å². The maximum Gasteiger partial charge on any atom is 0.252 e. The molecule has 124 valence electrons. The Balaban J connectivity index is 1.81. The zero-order valence-electron chi connectivity index (χ0n) is 12.5. The number of carbonyl (C=O) groups is 1. The monoisotopic (exact) mass is 372 g/mol. The molecular weight excluding hydrogens is 356 g/mol. The predicted octanol–water partition coefficient (Wildman–Crippen LogP) is 3.44. The SMILES string of the molecule is CN(CCCC(=O)Nc1cccc(Cl)c1)S(=O)(=O)c1cccs1. The molecule has 23 heavy (non-hydrogen) atoms. The summed E-state index contributed by atoms with van der Waals surface area (Å²) in [6, 6.07) is 10.1. The Bertz CT molecular complexity index is 761. The Labute approximate surface area is 144 Å². The molecule has 8 heteroatoms. The minimum absolute atomic E-state index is 0.172. The van der Waals surface area contributed by atoms with Gasteiger partial charge in [0.2, 0.25) is 5.91 Å². The van der Waals surface area contributed by atoms with Crippen LogP contribution in [-0.2, 0) is 14.8 Å². The van der Waals surface area contributed by atoms with Crippen molar-refractivity contribution in [3.63, 3.8) is 0 Å². The van der Waals surface area contributed by atoms with Gasteiger partial charge in [0.1, 0.15) is 4.21 Å². The molecule has 1 aromatic carbocycles. The highest BCUT2D eigenvalue weighted by Crippen LogP contribution is 2.20. The molecule has 0 bridgehead atoms. The Morgan fingerprint density at radius 1 is 1.30 bits per heavy atom. The van der Waals surface area contributed by atoms with Crippen LogP contribution in [0.3, 0.4) is 0 Å². The van der Waals surface area contributed by atoms with Crippen molar-refractivity contribution in [3.05, 3.63) is 46.8 Å². The summed E-state index contributed by atoms with van der Waals surface area (Å²) in [6.07, 6.45) is 0.671. The number of halogens is 1. The van der Waals surface area contributed by atoms with Crippen LogP contribution in [0.25, 0.3) is 0 Å². The summed E-state index contributed by atoms with van der Waals surface area (Å²) in [5, 5.41) is 5.00. The van der Waals surface area contributed by atoms with E-state index in [-0.39, 0.29) is 18.9 Å². The molecule has 5 nitrogen and oxygen atoms in total. The number of nitrogens with one attached hydrogen (secondary N) is 1. The zero-order valence-corrected chi connectivity index (χ0v) is 14.9. The van der Waals surface area contributed by atoms with E-state index in [9.17, 15) is 13.2 Å². The van der Waals surface area contributed by atoms with Crippen LogP contribution in [0.1, 0.15) is 12.8 Å². The highest BCUT2D eigenvalue weighted by atomic mass is 35.5. The second-order valence-corrected chi connectivity index (χ2v) is 8.58. The van der Waals surface area contributed by atoms with E-state index in [4.69, 9.17) is 11.6 Å². The number of rotatable bonds is 7. The number of hydrogen-bond donors (Lipinski definition) is 1. The number of anilines is 1. The van der Waals surface area contributed by atoms with Crippen molar-refractivity contribution in [2.24, 2.45) is 0 Å². The van der Waals surface area contributed by atoms with Gasteiger partial charge in [0.05, 0.1) is 0 Å². The summed E-state index contributed by atoms with van der Waals surface area (Å²) in [4.78, 5) is 11.9. The maximum absolute atomic E-state index is 12.2. The second-order valence-electron chi connectivity index (χ2n) is 4.92. The Morgan fingerprint density at radius 2 is 2.09 bits per heavy atom. The lowest BCUT2D eigenvalue weighted by molar-refractivity contribution is -0.116. The second kappa shape index (κ2) is 7.92. The number of amides is 1. The molecule has 0 aliphatic carbocycles. The van der Waals surface area contributed by atoms with E-state index < -0.39 is 10.0 Å². The van der Waals surface area contributed by atoms with Gasteiger partial charge in [-0.15, -0.1) is 11.3 Å². The molecule has 0 unspecified atom stereocenters. The van der Waals surface area contributed by atoms with E-state index in [1.807, 2.05) is 0 Å². The summed E-state index contributed by atoms with van der Waals surface area (Å²) < 4.78 is 26.0. The van der Waals surface area contributed by atoms with Gasteiger partial charge in [-0.1, -0.05) is 23.7 Å². The summed E-state index contributed by atoms with van der Waals surface area (Å²) in [7, 11) is -1.94. The van der Waals surface area contributed by atoms with Crippen LogP contribution in [0, 0.1) is 0 Å². The van der Waals surface area contributed by atoms with Crippen molar-refractivity contribution in [3.8, 4) is 0 Å². The van der Waals surface area contributed by atoms with Gasteiger partial charge < -0.3 is 5.32 Å². The van der Waals surface area contributed by atoms with Crippen molar-refractivity contribution in [2.45, 2.75) is 17.1 Å². The first-order valence-electron chi connectivity index (χ1n) is 6.95. The number of thiophene rings is 1. The van der Waals surface area contributed by atoms with Gasteiger partial charge in [-0.25, -0.2) is 12.7 Å². The van der Waals surface area contributed by atoms with E-state index in [1.165, 1.54) is 22.7 Å². The third-order valence-corrected chi connectivity index (χ3v) is 6.61. The van der Waals surface area contributed by atoms with Crippen molar-refractivity contribution >= 4 is 44.6 Å². The highest BCUT2D eigenvalue weighted by molar-refractivity contribution is 7.91. The molecule has 2 aromatic rings. The average Bonchev–Trinajstić information content (AvgIpc) is 3.02. The Kier molecular flexibility index (Phi) is 6.17. The van der Waals surface area contributed by atoms with Crippen LogP contribution in [0.5, 0.6) is 0 Å². The Hall–Kier alpha value is -1.41. The maximum atomic E-state index is 12.2. The fraction of sp³-hybridized carbons (Fsp3) is 0.267. The van der Waals surface area contributed by atoms with Crippen LogP contribution in [0.4, 0.5) is 5.69 Å². The van der Waals surface area contributed by atoms with Gasteiger partial charge in [-0.3, -0.25) is 4.79 Å². The fourth-order valence-electron chi connectivity index (χ4n) is 1.94. The lowest BCUT2D eigenvalue weighted by Crippen LogP contribution is -2.28. The molecule has 2 rings (SSSR count). The fourth-order valence-corrected chi connectivity index (χ4v) is 4.54. The predicted molar refractivity (Wildman–Crippen MR) is 93.5 cm³/mol. The van der Waals surface area contributed by atoms with Gasteiger partial charge in [0.25, 0.3) is 10.0 Å². The molecule has 1 heterocycles. The van der Waals surface area contributed by atoms with Crippen LogP contribution >= 0.6 is 22.9 Å². The third-order valence-electron chi connectivity index (χ3n) is 3.14. The molecule has 0 saturated carbocycles. The third kappa shape index (κ3) is 5.04. The lowest BCUT2D eigenvalue weighted by atomic mass is 10.2. The molecule has 1 N–H and O–H groups in total. The van der Waals surface area contributed by atoms with Gasteiger partial charge in [0, 0.05) is 30.7 Å². The molecule has 0 aliphatic heterocycles. The normalized spacial score (nSPS) is 11.6. The van der Waals surface area contributed by atoms with Gasteiger partial charge in [0.15, 0.2) is 0 Å². The first-order chi connectivity index (χ1) is 10.9. The highest BCUT2D eigenvalue weighted by Gasteiger charge is 2.21. The molecule has 0 aliphatic rings. The average molecular weight is 373 g/mol. The standard InChI is InChI=1S/C15H17ClN2O3S2/c1-18(23(20,21)15-8-4-10-22-15)9-3-7-14(19)17-13-6-2-5-12(16)11-13/h2,4-6,8,10-11H,3,7,9H2,1H3,(H,17,19). The quantitative estimate of drug-likeness (QED) is 0.809. The Morgan fingerprint density at radius 3 is 2.74 bits per heavy atom. The largest absolute Gasteiger partial charge is 0.326 e. The molecule has 0 fully saturated rings. The lowest BCUT2D eigenvalue weighted by Gasteiger charge is -2.15. The first kappa shape index (κ1) is 17.9. The summed E-state index contributed by atoms with van der Waals surface area (Å²) in [6.45, 7) is 0.281. The molecule has 0 saturated heterocycles. The number of nitrogens with zero attached hydrogens (tertiary/aromatic N) is 1. The van der Waals surface area contributed by atoms with Crippen LogP contribution in [0.15, 0.2) is 46.0 Å². The number of carbonyl (C=O) groups excluding carboxylic acids is 1. The minimum atomic E-state index is -3.46. The molecule has 0 atom stereocenters. The van der Waals surface area contributed by atoms with E-state index in [0.29, 0.717) is 21.3 Å². The molecular formula is C15H17ClN2O3S2. The van der Waals surface area contributed by atoms with Gasteiger partial charge in [-0.2, -0.15) is 0 Å². The number of benzene rings is 1. The van der Waals surface area contributed by atoms with Gasteiger partial charge in [-0.05, 0) is 36.1 Å². The number of hydrogen-bond acceptors (Lipinski definition) is 4. The first-order valence-corrected chi connectivity index (χ1v) is 9.64. The number of sulfonamides is 1. The van der Waals surface area contributed by atoms with E-state index >= 15 is 0 Å². The topological polar surface area (TPSA) is 66.5 Å². The van der Waals surface area contributed by atoms with Crippen LogP contribution in [-0.4, -0.2) is 32.2 Å².